The average molecular weight is 317 g/mol. The zero-order chi connectivity index (χ0) is 15.5. The van der Waals surface area contributed by atoms with Crippen molar-refractivity contribution in [2.45, 2.75) is 69.7 Å². The highest BCUT2D eigenvalue weighted by molar-refractivity contribution is 7.91. The van der Waals surface area contributed by atoms with Crippen molar-refractivity contribution in [3.05, 3.63) is 0 Å². The van der Waals surface area contributed by atoms with E-state index in [1.807, 2.05) is 0 Å². The molecule has 1 N–H and O–H groups in total. The first-order valence-electron chi connectivity index (χ1n) is 8.54. The van der Waals surface area contributed by atoms with Crippen molar-refractivity contribution in [2.75, 3.05) is 25.9 Å². The molecule has 3 atom stereocenters. The Hall–Kier alpha value is -0.130. The SMILES string of the molecule is CC(C)CN1CCC[C@H]1CN[C@H]1CCCC[C@H]1S(C)(=O)=O. The predicted octanol–water partition coefficient (Wildman–Crippen LogP) is 2.05. The molecule has 21 heavy (non-hydrogen) atoms. The number of nitrogens with one attached hydrogen (secondary N) is 1. The van der Waals surface area contributed by atoms with Crippen LogP contribution in [0.3, 0.4) is 0 Å². The first kappa shape index (κ1) is 17.2. The highest BCUT2D eigenvalue weighted by atomic mass is 32.2. The summed E-state index contributed by atoms with van der Waals surface area (Å²) in [6.07, 6.45) is 7.97. The molecular weight excluding hydrogens is 284 g/mol. The molecule has 2 rings (SSSR count). The number of hydrogen-bond donors (Lipinski definition) is 1. The molecule has 0 amide bonds. The molecule has 0 bridgehead atoms. The van der Waals surface area contributed by atoms with Gasteiger partial charge >= 0.3 is 0 Å². The van der Waals surface area contributed by atoms with E-state index in [0.29, 0.717) is 12.0 Å². The standard InChI is InChI=1S/C16H32N2O2S/c1-13(2)12-18-10-6-7-14(18)11-17-15-8-4-5-9-16(15)21(3,19)20/h13-17H,4-12H2,1-3H3/t14-,15-,16+/m0/s1. The van der Waals surface area contributed by atoms with Gasteiger partial charge in [0, 0.05) is 31.4 Å². The second kappa shape index (κ2) is 7.42. The minimum absolute atomic E-state index is 0.162. The molecule has 0 radical (unpaired) electrons. The lowest BCUT2D eigenvalue weighted by molar-refractivity contribution is 0.213. The summed E-state index contributed by atoms with van der Waals surface area (Å²) in [7, 11) is -2.93. The smallest absolute Gasteiger partial charge is 0.151 e. The van der Waals surface area contributed by atoms with E-state index in [9.17, 15) is 8.42 Å². The molecule has 0 aromatic carbocycles. The summed E-state index contributed by atoms with van der Waals surface area (Å²) < 4.78 is 23.9. The van der Waals surface area contributed by atoms with Crippen LogP contribution in [0.4, 0.5) is 0 Å². The van der Waals surface area contributed by atoms with Gasteiger partial charge in [0.15, 0.2) is 9.84 Å². The molecule has 124 valence electrons. The van der Waals surface area contributed by atoms with Gasteiger partial charge in [0.1, 0.15) is 0 Å². The number of rotatable bonds is 6. The predicted molar refractivity (Wildman–Crippen MR) is 88.3 cm³/mol. The molecule has 4 nitrogen and oxygen atoms in total. The Morgan fingerprint density at radius 2 is 1.86 bits per heavy atom. The molecule has 1 saturated carbocycles. The van der Waals surface area contributed by atoms with Crippen molar-refractivity contribution < 1.29 is 8.42 Å². The minimum Gasteiger partial charge on any atom is -0.311 e. The summed E-state index contributed by atoms with van der Waals surface area (Å²) >= 11 is 0. The summed E-state index contributed by atoms with van der Waals surface area (Å²) in [4.78, 5) is 2.58. The lowest BCUT2D eigenvalue weighted by Crippen LogP contribution is -2.50. The molecule has 0 unspecified atom stereocenters. The van der Waals surface area contributed by atoms with Gasteiger partial charge in [-0.2, -0.15) is 0 Å². The van der Waals surface area contributed by atoms with E-state index in [1.165, 1.54) is 25.6 Å². The fourth-order valence-electron chi connectivity index (χ4n) is 3.97. The maximum absolute atomic E-state index is 12.0. The van der Waals surface area contributed by atoms with E-state index in [4.69, 9.17) is 0 Å². The lowest BCUT2D eigenvalue weighted by atomic mass is 9.94. The van der Waals surface area contributed by atoms with Crippen LogP contribution in [0.15, 0.2) is 0 Å². The van der Waals surface area contributed by atoms with Crippen LogP contribution < -0.4 is 5.32 Å². The van der Waals surface area contributed by atoms with Crippen molar-refractivity contribution >= 4 is 9.84 Å². The van der Waals surface area contributed by atoms with E-state index in [1.54, 1.807) is 0 Å². The second-order valence-corrected chi connectivity index (χ2v) is 9.62. The Labute approximate surface area is 130 Å². The quantitative estimate of drug-likeness (QED) is 0.815. The van der Waals surface area contributed by atoms with Crippen LogP contribution in [0.25, 0.3) is 0 Å². The van der Waals surface area contributed by atoms with Gasteiger partial charge in [-0.3, -0.25) is 4.90 Å². The third kappa shape index (κ3) is 4.93. The van der Waals surface area contributed by atoms with Gasteiger partial charge in [-0.15, -0.1) is 0 Å². The van der Waals surface area contributed by atoms with Crippen LogP contribution in [0.1, 0.15) is 52.4 Å². The van der Waals surface area contributed by atoms with Crippen molar-refractivity contribution in [3.63, 3.8) is 0 Å². The van der Waals surface area contributed by atoms with Crippen LogP contribution in [0, 0.1) is 5.92 Å². The number of likely N-dealkylation sites (tertiary alicyclic amines) is 1. The molecule has 1 saturated heterocycles. The molecule has 0 aromatic rings. The Bertz CT molecular complexity index is 422. The van der Waals surface area contributed by atoms with Gasteiger partial charge in [0.2, 0.25) is 0 Å². The first-order chi connectivity index (χ1) is 9.88. The summed E-state index contributed by atoms with van der Waals surface area (Å²) in [6.45, 7) is 7.84. The largest absolute Gasteiger partial charge is 0.311 e. The maximum atomic E-state index is 12.0. The van der Waals surface area contributed by atoms with Crippen molar-refractivity contribution in [1.29, 1.82) is 0 Å². The summed E-state index contributed by atoms with van der Waals surface area (Å²) in [6, 6.07) is 0.754. The first-order valence-corrected chi connectivity index (χ1v) is 10.5. The van der Waals surface area contributed by atoms with E-state index < -0.39 is 9.84 Å². The van der Waals surface area contributed by atoms with Crippen molar-refractivity contribution in [3.8, 4) is 0 Å². The molecule has 5 heteroatoms. The van der Waals surface area contributed by atoms with Crippen LogP contribution in [0.5, 0.6) is 0 Å². The highest BCUT2D eigenvalue weighted by Gasteiger charge is 2.33. The minimum atomic E-state index is -2.93. The molecule has 1 aliphatic carbocycles. The maximum Gasteiger partial charge on any atom is 0.151 e. The van der Waals surface area contributed by atoms with Gasteiger partial charge in [-0.05, 0) is 38.1 Å². The van der Waals surface area contributed by atoms with Crippen LogP contribution in [0.2, 0.25) is 0 Å². The van der Waals surface area contributed by atoms with Gasteiger partial charge in [0.25, 0.3) is 0 Å². The Kier molecular flexibility index (Phi) is 6.09. The molecule has 0 spiro atoms. The Morgan fingerprint density at radius 1 is 1.14 bits per heavy atom. The van der Waals surface area contributed by atoms with E-state index >= 15 is 0 Å². The molecule has 0 aromatic heterocycles. The van der Waals surface area contributed by atoms with Crippen LogP contribution >= 0.6 is 0 Å². The fourth-order valence-corrected chi connectivity index (χ4v) is 5.39. The van der Waals surface area contributed by atoms with Gasteiger partial charge in [-0.25, -0.2) is 8.42 Å². The highest BCUT2D eigenvalue weighted by Crippen LogP contribution is 2.25. The third-order valence-electron chi connectivity index (χ3n) is 4.97. The summed E-state index contributed by atoms with van der Waals surface area (Å²) in [5.41, 5.74) is 0. The van der Waals surface area contributed by atoms with E-state index in [0.717, 1.165) is 38.8 Å². The second-order valence-electron chi connectivity index (χ2n) is 7.35. The number of hydrogen-bond acceptors (Lipinski definition) is 4. The van der Waals surface area contributed by atoms with Gasteiger partial charge in [-0.1, -0.05) is 26.7 Å². The normalized spacial score (nSPS) is 31.9. The zero-order valence-electron chi connectivity index (χ0n) is 13.8. The summed E-state index contributed by atoms with van der Waals surface area (Å²) in [5.74, 6) is 0.698. The number of sulfone groups is 1. The molecule has 1 aliphatic heterocycles. The average Bonchev–Trinajstić information content (AvgIpc) is 2.82. The Morgan fingerprint density at radius 3 is 2.52 bits per heavy atom. The molecule has 2 aliphatic rings. The number of nitrogens with zero attached hydrogens (tertiary/aromatic N) is 1. The van der Waals surface area contributed by atoms with E-state index in [-0.39, 0.29) is 11.3 Å². The van der Waals surface area contributed by atoms with Crippen molar-refractivity contribution in [2.24, 2.45) is 5.92 Å². The van der Waals surface area contributed by atoms with Gasteiger partial charge < -0.3 is 5.32 Å². The molecule has 2 fully saturated rings. The van der Waals surface area contributed by atoms with Crippen LogP contribution in [-0.2, 0) is 9.84 Å². The molecular formula is C16H32N2O2S. The third-order valence-corrected chi connectivity index (χ3v) is 6.63. The summed E-state index contributed by atoms with van der Waals surface area (Å²) in [5, 5.41) is 3.43. The lowest BCUT2D eigenvalue weighted by Gasteiger charge is -2.33. The van der Waals surface area contributed by atoms with E-state index in [2.05, 4.69) is 24.1 Å². The molecule has 1 heterocycles. The van der Waals surface area contributed by atoms with Gasteiger partial charge in [0.05, 0.1) is 5.25 Å². The van der Waals surface area contributed by atoms with Crippen LogP contribution in [-0.4, -0.2) is 56.5 Å². The zero-order valence-corrected chi connectivity index (χ0v) is 14.7. The van der Waals surface area contributed by atoms with Crippen molar-refractivity contribution in [1.82, 2.24) is 10.2 Å². The fraction of sp³-hybridized carbons (Fsp3) is 1.00. The topological polar surface area (TPSA) is 49.4 Å². The Balaban J connectivity index is 1.88. The monoisotopic (exact) mass is 316 g/mol.